The highest BCUT2D eigenvalue weighted by Gasteiger charge is 2.63. The number of sulfonamides is 1. The summed E-state index contributed by atoms with van der Waals surface area (Å²) in [5.74, 6) is -2.31. The first-order chi connectivity index (χ1) is 23.1. The first kappa shape index (κ1) is 35.2. The molecule has 1 saturated heterocycles. The van der Waals surface area contributed by atoms with Crippen LogP contribution in [0.1, 0.15) is 90.5 Å². The number of fused-ring (bicyclic) bond motifs is 2. The predicted molar refractivity (Wildman–Crippen MR) is 181 cm³/mol. The van der Waals surface area contributed by atoms with Crippen LogP contribution < -0.4 is 15.4 Å². The predicted octanol–water partition coefficient (Wildman–Crippen LogP) is 3.70. The fourth-order valence-electron chi connectivity index (χ4n) is 6.87. The number of nitrogens with one attached hydrogen (secondary N) is 3. The first-order valence-corrected chi connectivity index (χ1v) is 18.9. The molecule has 1 aromatic rings. The second-order valence-electron chi connectivity index (χ2n) is 14.9. The molecule has 13 nitrogen and oxygen atoms in total. The summed E-state index contributed by atoms with van der Waals surface area (Å²) < 4.78 is 33.2. The lowest BCUT2D eigenvalue weighted by atomic mass is 9.91. The number of allylic oxidation sites excluding steroid dienone is 1. The molecule has 3 aliphatic heterocycles. The van der Waals surface area contributed by atoms with Crippen LogP contribution in [0.2, 0.25) is 5.02 Å². The third kappa shape index (κ3) is 7.90. The zero-order valence-electron chi connectivity index (χ0n) is 28.0. The van der Waals surface area contributed by atoms with Crippen molar-refractivity contribution >= 4 is 51.2 Å². The maximum Gasteiger partial charge on any atom is 0.408 e. The van der Waals surface area contributed by atoms with Crippen LogP contribution in [0.3, 0.4) is 0 Å². The number of rotatable bonds is 5. The van der Waals surface area contributed by atoms with Crippen LogP contribution in [-0.2, 0) is 34.0 Å². The normalized spacial score (nSPS) is 31.2. The van der Waals surface area contributed by atoms with Crippen molar-refractivity contribution in [3.63, 3.8) is 0 Å². The van der Waals surface area contributed by atoms with Gasteiger partial charge in [-0.25, -0.2) is 13.2 Å². The van der Waals surface area contributed by atoms with Crippen LogP contribution >= 0.6 is 11.6 Å². The Labute approximate surface area is 291 Å². The molecule has 15 heteroatoms. The molecular formula is C34H44ClN5O8S. The molecule has 0 aromatic heterocycles. The minimum absolute atomic E-state index is 0.0113. The minimum Gasteiger partial charge on any atom is -0.444 e. The first-order valence-electron chi connectivity index (χ1n) is 17.0. The van der Waals surface area contributed by atoms with Crippen LogP contribution in [0, 0.1) is 5.92 Å². The lowest BCUT2D eigenvalue weighted by Gasteiger charge is -2.30. The zero-order valence-corrected chi connectivity index (χ0v) is 29.6. The van der Waals surface area contributed by atoms with Crippen LogP contribution in [-0.4, -0.2) is 83.5 Å². The van der Waals surface area contributed by atoms with E-state index in [2.05, 4.69) is 20.5 Å². The summed E-state index contributed by atoms with van der Waals surface area (Å²) >= 11 is 6.23. The van der Waals surface area contributed by atoms with Gasteiger partial charge in [0, 0.05) is 29.3 Å². The Bertz CT molecular complexity index is 1690. The fourth-order valence-corrected chi connectivity index (χ4v) is 8.43. The Morgan fingerprint density at radius 1 is 1.12 bits per heavy atom. The zero-order chi connectivity index (χ0) is 35.2. The Morgan fingerprint density at radius 3 is 2.61 bits per heavy atom. The second kappa shape index (κ2) is 13.2. The van der Waals surface area contributed by atoms with E-state index in [9.17, 15) is 27.6 Å². The number of carbonyl (C=O) groups is 4. The summed E-state index contributed by atoms with van der Waals surface area (Å²) in [5, 5.41) is 9.84. The van der Waals surface area contributed by atoms with Gasteiger partial charge in [-0.3, -0.25) is 19.1 Å². The molecule has 5 aliphatic rings. The maximum absolute atomic E-state index is 14.4. The highest BCUT2D eigenvalue weighted by Crippen LogP contribution is 2.47. The molecule has 2 aliphatic carbocycles. The Hall–Kier alpha value is -3.65. The monoisotopic (exact) mass is 717 g/mol. The Balaban J connectivity index is 1.30. The molecule has 1 aromatic carbocycles. The second-order valence-corrected chi connectivity index (χ2v) is 17.3. The molecule has 4 amide bonds. The summed E-state index contributed by atoms with van der Waals surface area (Å²) in [6.45, 7) is 5.17. The standard InChI is InChI=1S/C34H44ClN5O8S/c1-32(2,3)47-31(44)36-25-13-8-6-4-5-7-11-22-17-34(22,30(43)39-49(45,46)24-14-15-24)37-28(41)27-19-33(20-40(27)29(25)42)18-26(38-48-33)21-10-9-12-23(35)16-21/h7,9-12,16,22,24-25,27H,4-6,8,13-15,17-20H2,1-3H3,(H,36,44)(H,37,41)(H,39,43)/b11-7-. The van der Waals surface area contributed by atoms with Gasteiger partial charge in [-0.1, -0.05) is 53.9 Å². The summed E-state index contributed by atoms with van der Waals surface area (Å²) in [7, 11) is -3.88. The quantitative estimate of drug-likeness (QED) is 0.387. The van der Waals surface area contributed by atoms with Gasteiger partial charge < -0.3 is 25.1 Å². The van der Waals surface area contributed by atoms with E-state index in [1.807, 2.05) is 18.2 Å². The molecule has 5 atom stereocenters. The van der Waals surface area contributed by atoms with Gasteiger partial charge in [-0.15, -0.1) is 0 Å². The molecule has 3 N–H and O–H groups in total. The molecule has 3 heterocycles. The summed E-state index contributed by atoms with van der Waals surface area (Å²) in [6, 6.07) is 5.04. The van der Waals surface area contributed by atoms with E-state index in [0.717, 1.165) is 18.4 Å². The number of nitrogens with zero attached hydrogens (tertiary/aromatic N) is 2. The lowest BCUT2D eigenvalue weighted by molar-refractivity contribution is -0.141. The van der Waals surface area contributed by atoms with Gasteiger partial charge in [-0.05, 0) is 71.4 Å². The van der Waals surface area contributed by atoms with Gasteiger partial charge in [0.2, 0.25) is 21.8 Å². The number of alkyl carbamates (subject to hydrolysis) is 1. The number of hydrogen-bond donors (Lipinski definition) is 3. The molecular weight excluding hydrogens is 674 g/mol. The van der Waals surface area contributed by atoms with Gasteiger partial charge in [0.05, 0.1) is 17.5 Å². The van der Waals surface area contributed by atoms with E-state index >= 15 is 0 Å². The van der Waals surface area contributed by atoms with Crippen molar-refractivity contribution in [2.45, 2.75) is 119 Å². The van der Waals surface area contributed by atoms with Crippen molar-refractivity contribution in [2.24, 2.45) is 11.1 Å². The maximum atomic E-state index is 14.4. The highest BCUT2D eigenvalue weighted by molar-refractivity contribution is 7.91. The molecule has 2 saturated carbocycles. The molecule has 266 valence electrons. The lowest BCUT2D eigenvalue weighted by Crippen LogP contribution is -2.58. The molecule has 3 fully saturated rings. The number of oxime groups is 1. The van der Waals surface area contributed by atoms with Crippen molar-refractivity contribution in [3.8, 4) is 0 Å². The number of halogens is 1. The third-order valence-corrected chi connectivity index (χ3v) is 11.7. The van der Waals surface area contributed by atoms with Gasteiger partial charge in [-0.2, -0.15) is 0 Å². The molecule has 0 bridgehead atoms. The smallest absolute Gasteiger partial charge is 0.408 e. The van der Waals surface area contributed by atoms with Crippen molar-refractivity contribution in [1.29, 1.82) is 0 Å². The SMILES string of the molecule is CC(C)(C)OC(=O)NC1CCCCC/C=C\C2CC2(C(=O)NS(=O)(=O)C2CC2)NC(=O)C2CC3(CC(c4cccc(Cl)c4)=NO3)CN2C1=O. The fraction of sp³-hybridized carbons (Fsp3) is 0.618. The van der Waals surface area contributed by atoms with E-state index in [1.165, 1.54) is 4.90 Å². The van der Waals surface area contributed by atoms with Crippen molar-refractivity contribution < 1.29 is 37.2 Å². The van der Waals surface area contributed by atoms with E-state index < -0.39 is 73.8 Å². The summed E-state index contributed by atoms with van der Waals surface area (Å²) in [6.07, 6.45) is 7.77. The Morgan fingerprint density at radius 2 is 1.90 bits per heavy atom. The van der Waals surface area contributed by atoms with Crippen molar-refractivity contribution in [2.75, 3.05) is 6.54 Å². The number of ether oxygens (including phenoxy) is 1. The molecule has 0 radical (unpaired) electrons. The van der Waals surface area contributed by atoms with Crippen LogP contribution in [0.15, 0.2) is 41.6 Å². The van der Waals surface area contributed by atoms with Gasteiger partial charge in [0.15, 0.2) is 5.60 Å². The van der Waals surface area contributed by atoms with E-state index in [-0.39, 0.29) is 25.8 Å². The average Bonchev–Trinajstić information content (AvgIpc) is 3.92. The number of benzene rings is 1. The molecule has 6 rings (SSSR count). The largest absolute Gasteiger partial charge is 0.444 e. The van der Waals surface area contributed by atoms with Crippen molar-refractivity contribution in [1.82, 2.24) is 20.3 Å². The Kier molecular flexibility index (Phi) is 9.50. The van der Waals surface area contributed by atoms with Crippen LogP contribution in [0.25, 0.3) is 0 Å². The van der Waals surface area contributed by atoms with Crippen LogP contribution in [0.5, 0.6) is 0 Å². The molecule has 1 spiro atoms. The average molecular weight is 718 g/mol. The summed E-state index contributed by atoms with van der Waals surface area (Å²) in [4.78, 5) is 62.7. The number of carbonyl (C=O) groups excluding carboxylic acids is 4. The highest BCUT2D eigenvalue weighted by atomic mass is 35.5. The van der Waals surface area contributed by atoms with Crippen LogP contribution in [0.4, 0.5) is 4.79 Å². The number of amides is 4. The third-order valence-electron chi connectivity index (χ3n) is 9.67. The molecule has 5 unspecified atom stereocenters. The van der Waals surface area contributed by atoms with E-state index in [0.29, 0.717) is 42.8 Å². The number of hydrogen-bond acceptors (Lipinski definition) is 9. The van der Waals surface area contributed by atoms with E-state index in [4.69, 9.17) is 21.2 Å². The van der Waals surface area contributed by atoms with E-state index in [1.54, 1.807) is 39.0 Å². The van der Waals surface area contributed by atoms with Gasteiger partial charge in [0.25, 0.3) is 5.91 Å². The van der Waals surface area contributed by atoms with Crippen molar-refractivity contribution in [3.05, 3.63) is 47.0 Å². The summed E-state index contributed by atoms with van der Waals surface area (Å²) in [5.41, 5.74) is -2.00. The van der Waals surface area contributed by atoms with Gasteiger partial charge in [0.1, 0.15) is 23.2 Å². The minimum atomic E-state index is -3.88. The topological polar surface area (TPSA) is 173 Å². The van der Waals surface area contributed by atoms with Gasteiger partial charge >= 0.3 is 6.09 Å². The molecule has 49 heavy (non-hydrogen) atoms.